The zero-order valence-corrected chi connectivity index (χ0v) is 17.5. The number of nitrogens with zero attached hydrogens (tertiary/aromatic N) is 2. The van der Waals surface area contributed by atoms with Crippen molar-refractivity contribution in [1.82, 2.24) is 15.1 Å². The highest BCUT2D eigenvalue weighted by Crippen LogP contribution is 2.27. The summed E-state index contributed by atoms with van der Waals surface area (Å²) in [4.78, 5) is 12.4. The van der Waals surface area contributed by atoms with Crippen LogP contribution in [0.25, 0.3) is 0 Å². The fourth-order valence-electron chi connectivity index (χ4n) is 2.74. The number of ether oxygens (including phenoxy) is 2. The first-order valence-electron chi connectivity index (χ1n) is 8.55. The topological polar surface area (TPSA) is 65.4 Å². The molecule has 0 saturated carbocycles. The number of halogens is 1. The normalized spacial score (nSPS) is 11.9. The molecule has 1 heterocycles. The summed E-state index contributed by atoms with van der Waals surface area (Å²) >= 11 is 3.51. The quantitative estimate of drug-likeness (QED) is 0.707. The molecule has 0 radical (unpaired) electrons. The van der Waals surface area contributed by atoms with Crippen LogP contribution in [0.5, 0.6) is 11.5 Å². The lowest BCUT2D eigenvalue weighted by molar-refractivity contribution is -0.124. The van der Waals surface area contributed by atoms with Gasteiger partial charge in [-0.1, -0.05) is 13.0 Å². The van der Waals surface area contributed by atoms with Gasteiger partial charge in [0.25, 0.3) is 0 Å². The largest absolute Gasteiger partial charge is 0.493 e. The number of hydrogen-bond donors (Lipinski definition) is 1. The second-order valence-corrected chi connectivity index (χ2v) is 7.09. The third kappa shape index (κ3) is 4.78. The number of aryl methyl sites for hydroxylation is 1. The van der Waals surface area contributed by atoms with Crippen LogP contribution >= 0.6 is 15.9 Å². The first kappa shape index (κ1) is 20.3. The summed E-state index contributed by atoms with van der Waals surface area (Å²) in [6.45, 7) is 6.98. The zero-order valence-electron chi connectivity index (χ0n) is 15.9. The Morgan fingerprint density at radius 1 is 1.27 bits per heavy atom. The van der Waals surface area contributed by atoms with Gasteiger partial charge in [0.15, 0.2) is 11.5 Å². The van der Waals surface area contributed by atoms with Gasteiger partial charge in [-0.3, -0.25) is 9.48 Å². The molecule has 2 aromatic rings. The maximum atomic E-state index is 12.4. The van der Waals surface area contributed by atoms with Crippen molar-refractivity contribution in [3.05, 3.63) is 39.6 Å². The van der Waals surface area contributed by atoms with Crippen LogP contribution in [-0.4, -0.2) is 36.5 Å². The summed E-state index contributed by atoms with van der Waals surface area (Å²) in [5.74, 6) is 1.25. The minimum Gasteiger partial charge on any atom is -0.493 e. The van der Waals surface area contributed by atoms with Crippen molar-refractivity contribution in [2.75, 3.05) is 20.8 Å². The summed E-state index contributed by atoms with van der Waals surface area (Å²) in [5, 5.41) is 7.45. The van der Waals surface area contributed by atoms with Crippen LogP contribution in [0.4, 0.5) is 0 Å². The van der Waals surface area contributed by atoms with Gasteiger partial charge in [0.1, 0.15) is 0 Å². The van der Waals surface area contributed by atoms with Gasteiger partial charge in [0.05, 0.1) is 36.8 Å². The van der Waals surface area contributed by atoms with E-state index in [-0.39, 0.29) is 11.8 Å². The van der Waals surface area contributed by atoms with Crippen molar-refractivity contribution < 1.29 is 14.3 Å². The number of carbonyl (C=O) groups excluding carboxylic acids is 1. The van der Waals surface area contributed by atoms with Crippen LogP contribution in [-0.2, 0) is 17.8 Å². The van der Waals surface area contributed by atoms with Crippen molar-refractivity contribution >= 4 is 21.8 Å². The maximum Gasteiger partial charge on any atom is 0.224 e. The Kier molecular flexibility index (Phi) is 7.08. The van der Waals surface area contributed by atoms with Gasteiger partial charge in [-0.15, -0.1) is 0 Å². The average molecular weight is 424 g/mol. The Labute approximate surface area is 163 Å². The monoisotopic (exact) mass is 423 g/mol. The lowest BCUT2D eigenvalue weighted by Gasteiger charge is -2.14. The summed E-state index contributed by atoms with van der Waals surface area (Å²) in [6.07, 6.45) is 0.726. The Balaban J connectivity index is 1.87. The molecular formula is C19H26BrN3O3. The summed E-state index contributed by atoms with van der Waals surface area (Å²) < 4.78 is 13.4. The van der Waals surface area contributed by atoms with Gasteiger partial charge in [0.2, 0.25) is 5.91 Å². The third-order valence-electron chi connectivity index (χ3n) is 4.35. The molecule has 1 atom stereocenters. The van der Waals surface area contributed by atoms with Crippen LogP contribution in [0.2, 0.25) is 0 Å². The number of rotatable bonds is 8. The smallest absolute Gasteiger partial charge is 0.224 e. The van der Waals surface area contributed by atoms with Crippen LogP contribution in [0.3, 0.4) is 0 Å². The molecule has 7 heteroatoms. The van der Waals surface area contributed by atoms with E-state index in [0.29, 0.717) is 24.6 Å². The standard InChI is InChI=1S/C19H26BrN3O3/c1-12(11-23-14(3)18(20)13(2)22-23)19(24)21-9-8-15-6-7-16(25-4)17(10-15)26-5/h6-7,10,12H,8-9,11H2,1-5H3,(H,21,24). The number of hydrogen-bond acceptors (Lipinski definition) is 4. The minimum absolute atomic E-state index is 0.0224. The summed E-state index contributed by atoms with van der Waals surface area (Å²) in [7, 11) is 3.23. The number of nitrogens with one attached hydrogen (secondary N) is 1. The Morgan fingerprint density at radius 2 is 1.96 bits per heavy atom. The number of amides is 1. The molecule has 1 unspecified atom stereocenters. The number of benzene rings is 1. The van der Waals surface area contributed by atoms with Gasteiger partial charge in [0, 0.05) is 12.2 Å². The first-order valence-corrected chi connectivity index (χ1v) is 9.34. The maximum absolute atomic E-state index is 12.4. The first-order chi connectivity index (χ1) is 12.4. The Morgan fingerprint density at radius 3 is 2.54 bits per heavy atom. The van der Waals surface area contributed by atoms with E-state index in [2.05, 4.69) is 26.3 Å². The van der Waals surface area contributed by atoms with E-state index in [1.807, 2.05) is 43.7 Å². The minimum atomic E-state index is -0.162. The fraction of sp³-hybridized carbons (Fsp3) is 0.474. The van der Waals surface area contributed by atoms with E-state index in [9.17, 15) is 4.79 Å². The molecule has 0 spiro atoms. The molecule has 2 rings (SSSR count). The third-order valence-corrected chi connectivity index (χ3v) is 5.50. The lowest BCUT2D eigenvalue weighted by Crippen LogP contribution is -2.33. The molecular weight excluding hydrogens is 398 g/mol. The molecule has 0 aliphatic carbocycles. The van der Waals surface area contributed by atoms with E-state index in [0.717, 1.165) is 27.8 Å². The number of aromatic nitrogens is 2. The number of carbonyl (C=O) groups is 1. The van der Waals surface area contributed by atoms with E-state index in [1.165, 1.54) is 0 Å². The molecule has 0 aliphatic rings. The van der Waals surface area contributed by atoms with E-state index >= 15 is 0 Å². The molecule has 26 heavy (non-hydrogen) atoms. The second-order valence-electron chi connectivity index (χ2n) is 6.30. The molecule has 0 fully saturated rings. The second kappa shape index (κ2) is 9.07. The van der Waals surface area contributed by atoms with Gasteiger partial charge in [-0.25, -0.2) is 0 Å². The van der Waals surface area contributed by atoms with Crippen LogP contribution in [0.15, 0.2) is 22.7 Å². The Hall–Kier alpha value is -2.02. The Bertz CT molecular complexity index is 774. The highest BCUT2D eigenvalue weighted by Gasteiger charge is 2.17. The van der Waals surface area contributed by atoms with Crippen LogP contribution in [0, 0.1) is 19.8 Å². The highest BCUT2D eigenvalue weighted by atomic mass is 79.9. The zero-order chi connectivity index (χ0) is 19.3. The van der Waals surface area contributed by atoms with E-state index < -0.39 is 0 Å². The molecule has 0 aliphatic heterocycles. The lowest BCUT2D eigenvalue weighted by atomic mass is 10.1. The molecule has 1 N–H and O–H groups in total. The molecule has 0 saturated heterocycles. The molecule has 1 aromatic heterocycles. The molecule has 1 amide bonds. The van der Waals surface area contributed by atoms with Gasteiger partial charge in [-0.05, 0) is 53.9 Å². The van der Waals surface area contributed by atoms with Crippen LogP contribution in [0.1, 0.15) is 23.9 Å². The van der Waals surface area contributed by atoms with Crippen molar-refractivity contribution in [3.8, 4) is 11.5 Å². The average Bonchev–Trinajstić information content (AvgIpc) is 2.88. The summed E-state index contributed by atoms with van der Waals surface area (Å²) in [5.41, 5.74) is 3.05. The molecule has 6 nitrogen and oxygen atoms in total. The fourth-order valence-corrected chi connectivity index (χ4v) is 3.02. The van der Waals surface area contributed by atoms with Gasteiger partial charge < -0.3 is 14.8 Å². The predicted molar refractivity (Wildman–Crippen MR) is 105 cm³/mol. The van der Waals surface area contributed by atoms with E-state index in [4.69, 9.17) is 9.47 Å². The highest BCUT2D eigenvalue weighted by molar-refractivity contribution is 9.10. The molecule has 142 valence electrons. The predicted octanol–water partition coefficient (Wildman–Crippen LogP) is 3.27. The molecule has 1 aromatic carbocycles. The van der Waals surface area contributed by atoms with E-state index in [1.54, 1.807) is 14.2 Å². The summed E-state index contributed by atoms with van der Waals surface area (Å²) in [6, 6.07) is 5.78. The van der Waals surface area contributed by atoms with Crippen molar-refractivity contribution in [2.45, 2.75) is 33.7 Å². The van der Waals surface area contributed by atoms with Crippen LogP contribution < -0.4 is 14.8 Å². The van der Waals surface area contributed by atoms with Gasteiger partial charge in [-0.2, -0.15) is 5.10 Å². The van der Waals surface area contributed by atoms with Crippen molar-refractivity contribution in [3.63, 3.8) is 0 Å². The van der Waals surface area contributed by atoms with Gasteiger partial charge >= 0.3 is 0 Å². The SMILES string of the molecule is COc1ccc(CCNC(=O)C(C)Cn2nc(C)c(Br)c2C)cc1OC. The molecule has 0 bridgehead atoms. The van der Waals surface area contributed by atoms with Crippen molar-refractivity contribution in [1.29, 1.82) is 0 Å². The van der Waals surface area contributed by atoms with Crippen molar-refractivity contribution in [2.24, 2.45) is 5.92 Å². The number of methoxy groups -OCH3 is 2.